The second-order valence-electron chi connectivity index (χ2n) is 8.31. The van der Waals surface area contributed by atoms with E-state index >= 15 is 0 Å². The first-order valence-electron chi connectivity index (χ1n) is 10.8. The van der Waals surface area contributed by atoms with Crippen LogP contribution < -0.4 is 15.2 Å². The standard InChI is InChI=1S/C26H26F2N2O5/c1-15-12-16(4-6-18(15)27)20-8-7-19(28)25(30-20)26(2,33)11-10-21(31)17-5-9-22(23(13-17)34-3)35-14-24(29)32/h4-9,12-13,33H,10-11,14H2,1-3H3,(H2,29,32). The zero-order valence-electron chi connectivity index (χ0n) is 19.6. The summed E-state index contributed by atoms with van der Waals surface area (Å²) >= 11 is 0. The molecule has 1 atom stereocenters. The molecule has 0 radical (unpaired) electrons. The molecule has 0 saturated heterocycles. The minimum absolute atomic E-state index is 0.107. The van der Waals surface area contributed by atoms with Crippen molar-refractivity contribution in [2.24, 2.45) is 5.73 Å². The molecular formula is C26H26F2N2O5. The highest BCUT2D eigenvalue weighted by atomic mass is 19.1. The number of ketones is 1. The van der Waals surface area contributed by atoms with Crippen LogP contribution in [0.1, 0.15) is 41.4 Å². The Labute approximate surface area is 201 Å². The summed E-state index contributed by atoms with van der Waals surface area (Å²) in [5.74, 6) is -1.59. The van der Waals surface area contributed by atoms with Crippen LogP contribution in [-0.2, 0) is 10.4 Å². The summed E-state index contributed by atoms with van der Waals surface area (Å²) < 4.78 is 38.7. The molecule has 7 nitrogen and oxygen atoms in total. The highest BCUT2D eigenvalue weighted by molar-refractivity contribution is 5.96. The van der Waals surface area contributed by atoms with E-state index in [1.54, 1.807) is 13.0 Å². The van der Waals surface area contributed by atoms with E-state index in [1.165, 1.54) is 56.5 Å². The maximum absolute atomic E-state index is 14.6. The van der Waals surface area contributed by atoms with Gasteiger partial charge in [-0.15, -0.1) is 0 Å². The van der Waals surface area contributed by atoms with Gasteiger partial charge in [0.2, 0.25) is 0 Å². The summed E-state index contributed by atoms with van der Waals surface area (Å²) in [7, 11) is 1.38. The van der Waals surface area contributed by atoms with Gasteiger partial charge in [-0.2, -0.15) is 0 Å². The number of nitrogens with zero attached hydrogens (tertiary/aromatic N) is 1. The Balaban J connectivity index is 1.77. The Kier molecular flexibility index (Phi) is 7.81. The van der Waals surface area contributed by atoms with Crippen molar-refractivity contribution in [2.75, 3.05) is 13.7 Å². The van der Waals surface area contributed by atoms with Crippen LogP contribution >= 0.6 is 0 Å². The molecule has 1 heterocycles. The number of methoxy groups -OCH3 is 1. The number of hydrogen-bond acceptors (Lipinski definition) is 6. The van der Waals surface area contributed by atoms with Gasteiger partial charge in [0.15, 0.2) is 23.9 Å². The number of Topliss-reactive ketones (excluding diaryl/α,β-unsaturated/α-hetero) is 1. The number of carbonyl (C=O) groups is 2. The number of primary amides is 1. The molecule has 3 rings (SSSR count). The van der Waals surface area contributed by atoms with Gasteiger partial charge in [0, 0.05) is 17.5 Å². The number of aromatic nitrogens is 1. The predicted molar refractivity (Wildman–Crippen MR) is 125 cm³/mol. The summed E-state index contributed by atoms with van der Waals surface area (Å²) in [6.07, 6.45) is -0.220. The van der Waals surface area contributed by atoms with E-state index in [-0.39, 0.29) is 53.8 Å². The summed E-state index contributed by atoms with van der Waals surface area (Å²) in [4.78, 5) is 28.0. The number of halogens is 2. The Morgan fingerprint density at radius 1 is 1.06 bits per heavy atom. The van der Waals surface area contributed by atoms with Crippen LogP contribution in [0.15, 0.2) is 48.5 Å². The van der Waals surface area contributed by atoms with E-state index < -0.39 is 17.3 Å². The van der Waals surface area contributed by atoms with Crippen LogP contribution in [0.25, 0.3) is 11.3 Å². The van der Waals surface area contributed by atoms with E-state index in [9.17, 15) is 23.5 Å². The molecule has 0 bridgehead atoms. The molecule has 184 valence electrons. The van der Waals surface area contributed by atoms with Crippen molar-refractivity contribution in [1.82, 2.24) is 4.98 Å². The van der Waals surface area contributed by atoms with Gasteiger partial charge in [0.05, 0.1) is 12.8 Å². The van der Waals surface area contributed by atoms with Crippen LogP contribution in [0.5, 0.6) is 11.5 Å². The molecule has 0 spiro atoms. The quantitative estimate of drug-likeness (QED) is 0.420. The van der Waals surface area contributed by atoms with Gasteiger partial charge in [-0.3, -0.25) is 9.59 Å². The Bertz CT molecular complexity index is 1260. The first-order valence-corrected chi connectivity index (χ1v) is 10.8. The fourth-order valence-electron chi connectivity index (χ4n) is 3.51. The van der Waals surface area contributed by atoms with E-state index in [2.05, 4.69) is 4.98 Å². The Hall–Kier alpha value is -3.85. The molecule has 1 amide bonds. The van der Waals surface area contributed by atoms with Crippen LogP contribution in [0.2, 0.25) is 0 Å². The normalized spacial score (nSPS) is 12.6. The highest BCUT2D eigenvalue weighted by Crippen LogP contribution is 2.32. The third-order valence-corrected chi connectivity index (χ3v) is 5.50. The van der Waals surface area contributed by atoms with Crippen molar-refractivity contribution in [2.45, 2.75) is 32.3 Å². The number of rotatable bonds is 10. The van der Waals surface area contributed by atoms with Gasteiger partial charge in [0.1, 0.15) is 22.9 Å². The second-order valence-corrected chi connectivity index (χ2v) is 8.31. The molecule has 3 aromatic rings. The first-order chi connectivity index (χ1) is 16.5. The number of carbonyl (C=O) groups excluding carboxylic acids is 2. The molecule has 2 aromatic carbocycles. The molecule has 0 fully saturated rings. The summed E-state index contributed by atoms with van der Waals surface area (Å²) in [5, 5.41) is 11.0. The van der Waals surface area contributed by atoms with E-state index in [0.717, 1.165) is 0 Å². The van der Waals surface area contributed by atoms with Crippen molar-refractivity contribution in [3.63, 3.8) is 0 Å². The van der Waals surface area contributed by atoms with Gasteiger partial charge in [-0.1, -0.05) is 0 Å². The number of benzene rings is 2. The topological polar surface area (TPSA) is 112 Å². The van der Waals surface area contributed by atoms with E-state index in [1.807, 2.05) is 0 Å². The highest BCUT2D eigenvalue weighted by Gasteiger charge is 2.30. The minimum Gasteiger partial charge on any atom is -0.493 e. The number of pyridine rings is 1. The van der Waals surface area contributed by atoms with Crippen LogP contribution in [0, 0.1) is 18.6 Å². The third-order valence-electron chi connectivity index (χ3n) is 5.50. The van der Waals surface area contributed by atoms with Gasteiger partial charge in [0.25, 0.3) is 5.91 Å². The van der Waals surface area contributed by atoms with Crippen molar-refractivity contribution in [3.05, 3.63) is 77.0 Å². The average molecular weight is 484 g/mol. The molecule has 35 heavy (non-hydrogen) atoms. The van der Waals surface area contributed by atoms with Crippen molar-refractivity contribution in [3.8, 4) is 22.8 Å². The monoisotopic (exact) mass is 484 g/mol. The van der Waals surface area contributed by atoms with Crippen LogP contribution in [0.4, 0.5) is 8.78 Å². The zero-order chi connectivity index (χ0) is 25.8. The lowest BCUT2D eigenvalue weighted by Gasteiger charge is -2.23. The smallest absolute Gasteiger partial charge is 0.255 e. The summed E-state index contributed by atoms with van der Waals surface area (Å²) in [6, 6.07) is 11.4. The molecule has 3 N–H and O–H groups in total. The number of amides is 1. The van der Waals surface area contributed by atoms with Crippen LogP contribution in [0.3, 0.4) is 0 Å². The maximum Gasteiger partial charge on any atom is 0.255 e. The third kappa shape index (κ3) is 6.19. The number of nitrogens with two attached hydrogens (primary N) is 1. The van der Waals surface area contributed by atoms with Gasteiger partial charge in [-0.25, -0.2) is 13.8 Å². The second kappa shape index (κ2) is 10.6. The van der Waals surface area contributed by atoms with Gasteiger partial charge in [-0.05, 0) is 74.4 Å². The van der Waals surface area contributed by atoms with Crippen molar-refractivity contribution < 1.29 is 33.0 Å². The largest absolute Gasteiger partial charge is 0.493 e. The predicted octanol–water partition coefficient (Wildman–Crippen LogP) is 4.08. The molecule has 0 aliphatic rings. The molecule has 1 aromatic heterocycles. The fraction of sp³-hybridized carbons (Fsp3) is 0.269. The lowest BCUT2D eigenvalue weighted by atomic mass is 9.92. The number of ether oxygens (including phenoxy) is 2. The van der Waals surface area contributed by atoms with Crippen molar-refractivity contribution >= 4 is 11.7 Å². The Morgan fingerprint density at radius 2 is 1.77 bits per heavy atom. The number of hydrogen-bond donors (Lipinski definition) is 2. The Morgan fingerprint density at radius 3 is 2.43 bits per heavy atom. The lowest BCUT2D eigenvalue weighted by Crippen LogP contribution is -2.26. The average Bonchev–Trinajstić information content (AvgIpc) is 2.83. The summed E-state index contributed by atoms with van der Waals surface area (Å²) in [6.45, 7) is 2.64. The van der Waals surface area contributed by atoms with Crippen LogP contribution in [-0.4, -0.2) is 35.5 Å². The zero-order valence-corrected chi connectivity index (χ0v) is 19.6. The maximum atomic E-state index is 14.6. The fourth-order valence-corrected chi connectivity index (χ4v) is 3.51. The summed E-state index contributed by atoms with van der Waals surface area (Å²) in [5.41, 5.74) is 4.75. The molecule has 9 heteroatoms. The van der Waals surface area contributed by atoms with E-state index in [0.29, 0.717) is 16.8 Å². The minimum atomic E-state index is -1.75. The molecule has 0 saturated carbocycles. The number of aliphatic hydroxyl groups is 1. The lowest BCUT2D eigenvalue weighted by molar-refractivity contribution is -0.119. The van der Waals surface area contributed by atoms with Gasteiger partial charge >= 0.3 is 0 Å². The molecule has 0 aliphatic carbocycles. The number of aryl methyl sites for hydroxylation is 1. The first kappa shape index (κ1) is 25.8. The van der Waals surface area contributed by atoms with E-state index in [4.69, 9.17) is 15.2 Å². The van der Waals surface area contributed by atoms with Crippen molar-refractivity contribution in [1.29, 1.82) is 0 Å². The molecule has 1 unspecified atom stereocenters. The van der Waals surface area contributed by atoms with Gasteiger partial charge < -0.3 is 20.3 Å². The SMILES string of the molecule is COc1cc(C(=O)CCC(C)(O)c2nc(-c3ccc(F)c(C)c3)ccc2F)ccc1OCC(N)=O. The molecule has 0 aliphatic heterocycles. The molecular weight excluding hydrogens is 458 g/mol.